The summed E-state index contributed by atoms with van der Waals surface area (Å²) in [5, 5.41) is 0.474. The van der Waals surface area contributed by atoms with E-state index in [2.05, 4.69) is 11.5 Å². The Morgan fingerprint density at radius 2 is 2.19 bits per heavy atom. The molecule has 2 rings (SSSR count). The number of ether oxygens (including phenoxy) is 3. The molecule has 0 aliphatic carbocycles. The van der Waals surface area contributed by atoms with Crippen molar-refractivity contribution >= 4 is 28.8 Å². The number of rotatable bonds is 5. The number of morpholine rings is 1. The molecule has 1 aromatic carbocycles. The number of methoxy groups -OCH3 is 1. The third-order valence-corrected chi connectivity index (χ3v) is 3.89. The molecule has 1 fully saturated rings. The van der Waals surface area contributed by atoms with Gasteiger partial charge in [-0.25, -0.2) is 0 Å². The van der Waals surface area contributed by atoms with Gasteiger partial charge in [-0.15, -0.1) is 0 Å². The average Bonchev–Trinajstić information content (AvgIpc) is 2.53. The second kappa shape index (κ2) is 7.64. The van der Waals surface area contributed by atoms with Crippen molar-refractivity contribution in [1.29, 1.82) is 0 Å². The van der Waals surface area contributed by atoms with Crippen molar-refractivity contribution in [3.63, 3.8) is 0 Å². The van der Waals surface area contributed by atoms with Gasteiger partial charge in [-0.05, 0) is 12.1 Å². The Morgan fingerprint density at radius 1 is 1.48 bits per heavy atom. The number of halogens is 1. The monoisotopic (exact) mass is 327 g/mol. The Bertz CT molecular complexity index is 530. The SMILES string of the molecule is C=CCOc1c(Cl)cc(C(=S)N2CCOCC2)cc1OC. The summed E-state index contributed by atoms with van der Waals surface area (Å²) >= 11 is 11.8. The van der Waals surface area contributed by atoms with Crippen molar-refractivity contribution in [2.24, 2.45) is 0 Å². The van der Waals surface area contributed by atoms with Gasteiger partial charge in [-0.1, -0.05) is 36.5 Å². The van der Waals surface area contributed by atoms with Crippen LogP contribution in [0.5, 0.6) is 11.5 Å². The van der Waals surface area contributed by atoms with Crippen molar-refractivity contribution in [1.82, 2.24) is 4.90 Å². The van der Waals surface area contributed by atoms with E-state index in [0.717, 1.165) is 23.6 Å². The van der Waals surface area contributed by atoms with Crippen LogP contribution in [0.2, 0.25) is 5.02 Å². The molecule has 1 saturated heterocycles. The molecule has 0 aromatic heterocycles. The van der Waals surface area contributed by atoms with Crippen LogP contribution in [0.3, 0.4) is 0 Å². The molecule has 0 radical (unpaired) electrons. The largest absolute Gasteiger partial charge is 0.493 e. The van der Waals surface area contributed by atoms with Gasteiger partial charge >= 0.3 is 0 Å². The maximum atomic E-state index is 6.29. The predicted octanol–water partition coefficient (Wildman–Crippen LogP) is 2.92. The standard InChI is InChI=1S/C15H18ClNO3S/c1-3-6-20-14-12(16)9-11(10-13(14)18-2)15(21)17-4-7-19-8-5-17/h3,9-10H,1,4-8H2,2H3. The molecule has 0 saturated carbocycles. The Balaban J connectivity index is 2.25. The zero-order valence-electron chi connectivity index (χ0n) is 11.9. The normalized spacial score (nSPS) is 14.7. The Morgan fingerprint density at radius 3 is 2.81 bits per heavy atom. The van der Waals surface area contributed by atoms with Gasteiger partial charge in [0.05, 0.1) is 25.3 Å². The summed E-state index contributed by atoms with van der Waals surface area (Å²) in [5.74, 6) is 1.07. The number of hydrogen-bond acceptors (Lipinski definition) is 4. The van der Waals surface area contributed by atoms with Crippen LogP contribution >= 0.6 is 23.8 Å². The highest BCUT2D eigenvalue weighted by Gasteiger charge is 2.19. The first-order valence-electron chi connectivity index (χ1n) is 6.65. The van der Waals surface area contributed by atoms with Crippen LogP contribution < -0.4 is 9.47 Å². The van der Waals surface area contributed by atoms with E-state index in [9.17, 15) is 0 Å². The van der Waals surface area contributed by atoms with Gasteiger partial charge in [-0.3, -0.25) is 0 Å². The van der Waals surface area contributed by atoms with Crippen molar-refractivity contribution < 1.29 is 14.2 Å². The molecule has 0 bridgehead atoms. The molecule has 6 heteroatoms. The summed E-state index contributed by atoms with van der Waals surface area (Å²) in [7, 11) is 1.58. The quantitative estimate of drug-likeness (QED) is 0.613. The summed E-state index contributed by atoms with van der Waals surface area (Å²) in [4.78, 5) is 2.85. The van der Waals surface area contributed by atoms with Crippen LogP contribution in [0.25, 0.3) is 0 Å². The van der Waals surface area contributed by atoms with Crippen LogP contribution in [0.4, 0.5) is 0 Å². The highest BCUT2D eigenvalue weighted by atomic mass is 35.5. The summed E-state index contributed by atoms with van der Waals surface area (Å²) in [6, 6.07) is 3.66. The zero-order valence-corrected chi connectivity index (χ0v) is 13.5. The fraction of sp³-hybridized carbons (Fsp3) is 0.400. The summed E-state index contributed by atoms with van der Waals surface area (Å²) in [6.07, 6.45) is 1.65. The lowest BCUT2D eigenvalue weighted by Gasteiger charge is -2.29. The lowest BCUT2D eigenvalue weighted by molar-refractivity contribution is 0.0693. The van der Waals surface area contributed by atoms with E-state index < -0.39 is 0 Å². The van der Waals surface area contributed by atoms with Crippen LogP contribution in [0.1, 0.15) is 5.56 Å². The highest BCUT2D eigenvalue weighted by Crippen LogP contribution is 2.37. The minimum absolute atomic E-state index is 0.364. The number of benzene rings is 1. The summed E-state index contributed by atoms with van der Waals surface area (Å²) < 4.78 is 16.2. The minimum atomic E-state index is 0.364. The van der Waals surface area contributed by atoms with E-state index in [1.54, 1.807) is 19.3 Å². The van der Waals surface area contributed by atoms with Gasteiger partial charge < -0.3 is 19.1 Å². The van der Waals surface area contributed by atoms with Crippen molar-refractivity contribution in [2.45, 2.75) is 0 Å². The van der Waals surface area contributed by atoms with Crippen LogP contribution in [0.15, 0.2) is 24.8 Å². The molecule has 0 spiro atoms. The molecule has 0 N–H and O–H groups in total. The fourth-order valence-corrected chi connectivity index (χ4v) is 2.64. The third-order valence-electron chi connectivity index (χ3n) is 3.12. The maximum Gasteiger partial charge on any atom is 0.180 e. The van der Waals surface area contributed by atoms with Gasteiger partial charge in [0.1, 0.15) is 11.6 Å². The number of thiocarbonyl (C=S) groups is 1. The smallest absolute Gasteiger partial charge is 0.180 e. The van der Waals surface area contributed by atoms with Gasteiger partial charge in [0.15, 0.2) is 11.5 Å². The van der Waals surface area contributed by atoms with E-state index in [1.165, 1.54) is 0 Å². The van der Waals surface area contributed by atoms with Gasteiger partial charge in [-0.2, -0.15) is 0 Å². The van der Waals surface area contributed by atoms with Gasteiger partial charge in [0.2, 0.25) is 0 Å². The van der Waals surface area contributed by atoms with Gasteiger partial charge in [0.25, 0.3) is 0 Å². The first kappa shape index (κ1) is 16.1. The first-order valence-corrected chi connectivity index (χ1v) is 7.44. The molecular weight excluding hydrogens is 310 g/mol. The summed E-state index contributed by atoms with van der Waals surface area (Å²) in [5.41, 5.74) is 0.847. The highest BCUT2D eigenvalue weighted by molar-refractivity contribution is 7.80. The van der Waals surface area contributed by atoms with Crippen LogP contribution in [-0.2, 0) is 4.74 Å². The van der Waals surface area contributed by atoms with E-state index >= 15 is 0 Å². The molecule has 1 aliphatic heterocycles. The zero-order chi connectivity index (χ0) is 15.2. The van der Waals surface area contributed by atoms with E-state index in [0.29, 0.717) is 36.3 Å². The second-order valence-electron chi connectivity index (χ2n) is 4.49. The van der Waals surface area contributed by atoms with Crippen LogP contribution in [0, 0.1) is 0 Å². The van der Waals surface area contributed by atoms with E-state index in [1.807, 2.05) is 6.07 Å². The van der Waals surface area contributed by atoms with Crippen molar-refractivity contribution in [2.75, 3.05) is 40.0 Å². The molecule has 1 aromatic rings. The summed E-state index contributed by atoms with van der Waals surface area (Å²) in [6.45, 7) is 6.93. The third kappa shape index (κ3) is 3.87. The predicted molar refractivity (Wildman–Crippen MR) is 87.8 cm³/mol. The Labute approximate surface area is 135 Å². The maximum absolute atomic E-state index is 6.29. The minimum Gasteiger partial charge on any atom is -0.493 e. The first-order chi connectivity index (χ1) is 10.2. The van der Waals surface area contributed by atoms with Crippen molar-refractivity contribution in [3.8, 4) is 11.5 Å². The van der Waals surface area contributed by atoms with E-state index in [-0.39, 0.29) is 0 Å². The lowest BCUT2D eigenvalue weighted by atomic mass is 10.1. The molecule has 0 atom stereocenters. The Hall–Kier alpha value is -1.30. The molecular formula is C15H18ClNO3S. The lowest BCUT2D eigenvalue weighted by Crippen LogP contribution is -2.40. The Kier molecular flexibility index (Phi) is 5.85. The molecule has 0 unspecified atom stereocenters. The number of hydrogen-bond donors (Lipinski definition) is 0. The topological polar surface area (TPSA) is 30.9 Å². The van der Waals surface area contributed by atoms with Gasteiger partial charge in [0, 0.05) is 18.7 Å². The molecule has 1 heterocycles. The molecule has 4 nitrogen and oxygen atoms in total. The fourth-order valence-electron chi connectivity index (χ4n) is 2.07. The molecule has 0 amide bonds. The van der Waals surface area contributed by atoms with E-state index in [4.69, 9.17) is 38.0 Å². The molecule has 1 aliphatic rings. The second-order valence-corrected chi connectivity index (χ2v) is 5.29. The number of nitrogens with zero attached hydrogens (tertiary/aromatic N) is 1. The molecule has 21 heavy (non-hydrogen) atoms. The molecule has 114 valence electrons. The van der Waals surface area contributed by atoms with Crippen LogP contribution in [-0.4, -0.2) is 49.9 Å². The average molecular weight is 328 g/mol. The van der Waals surface area contributed by atoms with Crippen molar-refractivity contribution in [3.05, 3.63) is 35.4 Å².